The molecule has 3 aromatic rings. The maximum Gasteiger partial charge on any atom is 0.190 e. The third-order valence-electron chi connectivity index (χ3n) is 5.03. The standard InChI is InChI=1S/C25H23FN6O2S.2FH/c1-33-23-4-2-3-21(15-23)32-13-14-35-25(32)31-30-16-18-5-7-19(8-6-18)24(27)29-17-28-20-9-11-22(34-26)12-10-20;;/h2-12,15-17H,13-14H2,1H3,(H2,27,28,29);2*1H/b30-16+,31-25-;;. The SMILES string of the molecule is COc1cccc(N2CCS/C2=N\N=C\c2ccc(C(N)=NC=Nc3ccc(OF)cc3)cc2)c1.F.F. The van der Waals surface area contributed by atoms with E-state index in [1.807, 2.05) is 48.5 Å². The Morgan fingerprint density at radius 2 is 1.78 bits per heavy atom. The summed E-state index contributed by atoms with van der Waals surface area (Å²) in [4.78, 5) is 14.1. The van der Waals surface area contributed by atoms with E-state index >= 15 is 0 Å². The summed E-state index contributed by atoms with van der Waals surface area (Å²) in [6, 6.07) is 21.5. The molecule has 1 saturated heterocycles. The maximum atomic E-state index is 12.1. The zero-order valence-corrected chi connectivity index (χ0v) is 20.5. The van der Waals surface area contributed by atoms with E-state index in [1.54, 1.807) is 37.2 Å². The van der Waals surface area contributed by atoms with Crippen molar-refractivity contribution in [3.63, 3.8) is 0 Å². The van der Waals surface area contributed by atoms with Crippen molar-refractivity contribution in [2.24, 2.45) is 25.9 Å². The van der Waals surface area contributed by atoms with Crippen molar-refractivity contribution in [1.29, 1.82) is 0 Å². The third-order valence-corrected chi connectivity index (χ3v) is 5.97. The maximum absolute atomic E-state index is 12.1. The molecule has 0 aliphatic carbocycles. The molecule has 0 bridgehead atoms. The van der Waals surface area contributed by atoms with Crippen LogP contribution in [0.5, 0.6) is 11.5 Å². The lowest BCUT2D eigenvalue weighted by atomic mass is 10.1. The largest absolute Gasteiger partial charge is 0.497 e. The number of nitrogens with zero attached hydrogens (tertiary/aromatic N) is 5. The van der Waals surface area contributed by atoms with Gasteiger partial charge in [0.2, 0.25) is 0 Å². The summed E-state index contributed by atoms with van der Waals surface area (Å²) in [5, 5.41) is 9.52. The topological polar surface area (TPSA) is 97.2 Å². The minimum Gasteiger partial charge on any atom is -0.497 e. The number of nitrogens with two attached hydrogens (primary N) is 1. The van der Waals surface area contributed by atoms with Crippen LogP contribution in [0.2, 0.25) is 0 Å². The van der Waals surface area contributed by atoms with E-state index in [9.17, 15) is 4.53 Å². The third kappa shape index (κ3) is 7.84. The van der Waals surface area contributed by atoms with Crippen molar-refractivity contribution in [1.82, 2.24) is 0 Å². The Morgan fingerprint density at radius 3 is 2.49 bits per heavy atom. The fourth-order valence-corrected chi connectivity index (χ4v) is 4.12. The summed E-state index contributed by atoms with van der Waals surface area (Å²) in [5.41, 5.74) is 9.30. The fourth-order valence-electron chi connectivity index (χ4n) is 3.20. The minimum atomic E-state index is 0. The minimum absolute atomic E-state index is 0. The molecule has 1 aliphatic rings. The fraction of sp³-hybridized carbons (Fsp3) is 0.120. The summed E-state index contributed by atoms with van der Waals surface area (Å²) in [5.74, 6) is 2.17. The molecule has 0 unspecified atom stereocenters. The van der Waals surface area contributed by atoms with E-state index in [1.165, 1.54) is 18.5 Å². The number of methoxy groups -OCH3 is 1. The molecular weight excluding hydrogens is 505 g/mol. The Labute approximate surface area is 216 Å². The summed E-state index contributed by atoms with van der Waals surface area (Å²) in [6.07, 6.45) is 3.04. The van der Waals surface area contributed by atoms with Crippen LogP contribution in [0, 0.1) is 0 Å². The number of hydrogen-bond acceptors (Lipinski definition) is 6. The second-order valence-electron chi connectivity index (χ2n) is 7.28. The summed E-state index contributed by atoms with van der Waals surface area (Å²) < 4.78 is 17.4. The van der Waals surface area contributed by atoms with Gasteiger partial charge in [0.15, 0.2) is 10.9 Å². The smallest absolute Gasteiger partial charge is 0.190 e. The molecule has 1 fully saturated rings. The zero-order valence-electron chi connectivity index (χ0n) is 19.7. The van der Waals surface area contributed by atoms with Gasteiger partial charge in [-0.3, -0.25) is 14.4 Å². The summed E-state index contributed by atoms with van der Waals surface area (Å²) in [6.45, 7) is 0.861. The van der Waals surface area contributed by atoms with Crippen LogP contribution in [0.1, 0.15) is 11.1 Å². The predicted octanol–water partition coefficient (Wildman–Crippen LogP) is 5.27. The molecule has 37 heavy (non-hydrogen) atoms. The number of thioether (sulfide) groups is 1. The average Bonchev–Trinajstić information content (AvgIpc) is 3.38. The number of ether oxygens (including phenoxy) is 1. The predicted molar refractivity (Wildman–Crippen MR) is 146 cm³/mol. The monoisotopic (exact) mass is 530 g/mol. The van der Waals surface area contributed by atoms with Gasteiger partial charge in [0, 0.05) is 34.1 Å². The van der Waals surface area contributed by atoms with Gasteiger partial charge in [-0.15, -0.1) is 5.10 Å². The highest BCUT2D eigenvalue weighted by Gasteiger charge is 2.21. The number of halogens is 3. The summed E-state index contributed by atoms with van der Waals surface area (Å²) in [7, 11) is 1.65. The van der Waals surface area contributed by atoms with Crippen molar-refractivity contribution in [2.45, 2.75) is 0 Å². The average molecular weight is 531 g/mol. The van der Waals surface area contributed by atoms with Gasteiger partial charge in [0.05, 0.1) is 19.0 Å². The number of aliphatic imine (C=N–C) groups is 2. The highest BCUT2D eigenvalue weighted by atomic mass is 32.2. The molecule has 0 atom stereocenters. The van der Waals surface area contributed by atoms with Crippen LogP contribution in [0.4, 0.5) is 25.3 Å². The Balaban J connectivity index is 0.00000241. The zero-order chi connectivity index (χ0) is 24.5. The number of amidine groups is 2. The Morgan fingerprint density at radius 1 is 1.03 bits per heavy atom. The van der Waals surface area contributed by atoms with Crippen molar-refractivity contribution < 1.29 is 23.6 Å². The molecule has 3 aromatic carbocycles. The van der Waals surface area contributed by atoms with Gasteiger partial charge in [0.1, 0.15) is 17.9 Å². The normalized spacial score (nSPS) is 14.6. The molecular formula is C25H25F3N6O2S. The molecule has 2 N–H and O–H groups in total. The molecule has 8 nitrogen and oxygen atoms in total. The van der Waals surface area contributed by atoms with E-state index in [0.717, 1.165) is 40.0 Å². The van der Waals surface area contributed by atoms with E-state index in [4.69, 9.17) is 10.5 Å². The molecule has 1 heterocycles. The van der Waals surface area contributed by atoms with E-state index in [-0.39, 0.29) is 15.2 Å². The Bertz CT molecular complexity index is 1270. The van der Waals surface area contributed by atoms with Gasteiger partial charge in [-0.25, -0.2) is 9.98 Å². The first-order valence-electron chi connectivity index (χ1n) is 10.7. The van der Waals surface area contributed by atoms with Crippen LogP contribution in [0.3, 0.4) is 0 Å². The summed E-state index contributed by atoms with van der Waals surface area (Å²) >= 11 is 1.66. The van der Waals surface area contributed by atoms with Crippen LogP contribution >= 0.6 is 11.8 Å². The van der Waals surface area contributed by atoms with Gasteiger partial charge in [0.25, 0.3) is 0 Å². The first-order valence-corrected chi connectivity index (χ1v) is 11.6. The number of benzene rings is 3. The van der Waals surface area contributed by atoms with Crippen molar-refractivity contribution in [3.8, 4) is 11.5 Å². The van der Waals surface area contributed by atoms with Gasteiger partial charge in [-0.2, -0.15) is 5.10 Å². The van der Waals surface area contributed by atoms with Gasteiger partial charge in [-0.05, 0) is 42.0 Å². The molecule has 1 aliphatic heterocycles. The molecule has 0 saturated carbocycles. The highest BCUT2D eigenvalue weighted by molar-refractivity contribution is 8.14. The van der Waals surface area contributed by atoms with Crippen LogP contribution in [0.25, 0.3) is 0 Å². The Hall–Kier alpha value is -4.32. The lowest BCUT2D eigenvalue weighted by molar-refractivity contribution is -0.00618. The molecule has 0 radical (unpaired) electrons. The van der Waals surface area contributed by atoms with E-state index in [0.29, 0.717) is 11.5 Å². The Kier molecular flexibility index (Phi) is 11.2. The lowest BCUT2D eigenvalue weighted by Gasteiger charge is -2.17. The van der Waals surface area contributed by atoms with E-state index < -0.39 is 0 Å². The van der Waals surface area contributed by atoms with Crippen LogP contribution in [-0.4, -0.2) is 43.0 Å². The number of rotatable bonds is 8. The molecule has 0 spiro atoms. The molecule has 4 rings (SSSR count). The van der Waals surface area contributed by atoms with Crippen LogP contribution in [0.15, 0.2) is 93.0 Å². The highest BCUT2D eigenvalue weighted by Crippen LogP contribution is 2.28. The number of hydrogen-bond donors (Lipinski definition) is 1. The van der Waals surface area contributed by atoms with Crippen molar-refractivity contribution >= 4 is 46.7 Å². The van der Waals surface area contributed by atoms with Crippen LogP contribution in [-0.2, 0) is 0 Å². The van der Waals surface area contributed by atoms with Gasteiger partial charge < -0.3 is 15.4 Å². The first kappa shape index (κ1) is 28.9. The second kappa shape index (κ2) is 14.3. The molecule has 0 aromatic heterocycles. The first-order chi connectivity index (χ1) is 17.2. The quantitative estimate of drug-likeness (QED) is 0.243. The van der Waals surface area contributed by atoms with Crippen molar-refractivity contribution in [3.05, 3.63) is 83.9 Å². The van der Waals surface area contributed by atoms with Gasteiger partial charge >= 0.3 is 0 Å². The van der Waals surface area contributed by atoms with Gasteiger partial charge in [-0.1, -0.05) is 42.1 Å². The second-order valence-corrected chi connectivity index (χ2v) is 8.34. The molecule has 194 valence electrons. The molecule has 12 heteroatoms. The van der Waals surface area contributed by atoms with Crippen molar-refractivity contribution in [2.75, 3.05) is 24.3 Å². The number of anilines is 1. The van der Waals surface area contributed by atoms with E-state index in [2.05, 4.69) is 30.0 Å². The molecule has 0 amide bonds. The van der Waals surface area contributed by atoms with Crippen LogP contribution < -0.4 is 20.3 Å². The lowest BCUT2D eigenvalue weighted by Crippen LogP contribution is -2.23.